The first-order valence-electron chi connectivity index (χ1n) is 8.73. The number of piperidine rings is 1. The van der Waals surface area contributed by atoms with Crippen molar-refractivity contribution in [3.05, 3.63) is 33.4 Å². The van der Waals surface area contributed by atoms with Gasteiger partial charge in [0, 0.05) is 18.5 Å². The van der Waals surface area contributed by atoms with E-state index in [4.69, 9.17) is 4.42 Å². The normalized spacial score (nSPS) is 25.8. The minimum absolute atomic E-state index is 0.0500. The van der Waals surface area contributed by atoms with Crippen LogP contribution in [-0.2, 0) is 9.53 Å². The van der Waals surface area contributed by atoms with Gasteiger partial charge in [0.15, 0.2) is 0 Å². The average molecular weight is 348 g/mol. The highest BCUT2D eigenvalue weighted by Crippen LogP contribution is 2.29. The summed E-state index contributed by atoms with van der Waals surface area (Å²) in [6.45, 7) is 3.52. The van der Waals surface area contributed by atoms with Gasteiger partial charge in [-0.3, -0.25) is 9.59 Å². The maximum atomic E-state index is 12.4. The molecule has 25 heavy (non-hydrogen) atoms. The highest BCUT2D eigenvalue weighted by Gasteiger charge is 2.36. The summed E-state index contributed by atoms with van der Waals surface area (Å²) in [5.41, 5.74) is 0.0779. The Morgan fingerprint density at radius 3 is 2.72 bits per heavy atom. The Balaban J connectivity index is 1.67. The van der Waals surface area contributed by atoms with Crippen molar-refractivity contribution in [2.24, 2.45) is 5.92 Å². The Morgan fingerprint density at radius 2 is 2.12 bits per heavy atom. The lowest BCUT2D eigenvalue weighted by Gasteiger charge is -2.33. The molecule has 2 heterocycles. The molecule has 0 bridgehead atoms. The van der Waals surface area contributed by atoms with Crippen molar-refractivity contribution >= 4 is 11.9 Å². The van der Waals surface area contributed by atoms with E-state index in [1.165, 1.54) is 7.11 Å². The van der Waals surface area contributed by atoms with E-state index >= 15 is 0 Å². The molecule has 0 spiro atoms. The molecule has 3 rings (SSSR count). The third kappa shape index (κ3) is 3.76. The zero-order valence-corrected chi connectivity index (χ0v) is 14.6. The van der Waals surface area contributed by atoms with Gasteiger partial charge >= 0.3 is 11.6 Å². The maximum Gasteiger partial charge on any atom is 0.349 e. The van der Waals surface area contributed by atoms with E-state index in [1.54, 1.807) is 13.0 Å². The summed E-state index contributed by atoms with van der Waals surface area (Å²) in [5.74, 6) is -0.0566. The summed E-state index contributed by atoms with van der Waals surface area (Å²) in [6.07, 6.45) is 3.08. The molecule has 1 unspecified atom stereocenters. The van der Waals surface area contributed by atoms with Crippen LogP contribution < -0.4 is 16.3 Å². The molecule has 2 aliphatic rings. The van der Waals surface area contributed by atoms with Crippen LogP contribution in [0.15, 0.2) is 15.3 Å². The van der Waals surface area contributed by atoms with Gasteiger partial charge in [-0.2, -0.15) is 0 Å². The Hall–Kier alpha value is -2.15. The smallest absolute Gasteiger partial charge is 0.349 e. The highest BCUT2D eigenvalue weighted by atomic mass is 16.5. The minimum Gasteiger partial charge on any atom is -0.469 e. The average Bonchev–Trinajstić information content (AvgIpc) is 2.57. The van der Waals surface area contributed by atoms with E-state index in [0.29, 0.717) is 24.2 Å². The molecule has 7 heteroatoms. The van der Waals surface area contributed by atoms with Crippen molar-refractivity contribution in [2.45, 2.75) is 44.6 Å². The van der Waals surface area contributed by atoms with Crippen LogP contribution >= 0.6 is 0 Å². The second-order valence-corrected chi connectivity index (χ2v) is 6.90. The molecule has 1 saturated carbocycles. The lowest BCUT2D eigenvalue weighted by Crippen LogP contribution is -2.48. The van der Waals surface area contributed by atoms with Crippen molar-refractivity contribution in [3.8, 4) is 0 Å². The monoisotopic (exact) mass is 348 g/mol. The first kappa shape index (κ1) is 17.7. The summed E-state index contributed by atoms with van der Waals surface area (Å²) in [5, 5.41) is 6.09. The first-order valence-corrected chi connectivity index (χ1v) is 8.73. The predicted molar refractivity (Wildman–Crippen MR) is 90.6 cm³/mol. The van der Waals surface area contributed by atoms with Crippen LogP contribution in [0.2, 0.25) is 0 Å². The molecule has 1 saturated heterocycles. The van der Waals surface area contributed by atoms with Crippen LogP contribution in [0.5, 0.6) is 0 Å². The van der Waals surface area contributed by atoms with E-state index in [-0.39, 0.29) is 29.4 Å². The van der Waals surface area contributed by atoms with Gasteiger partial charge in [0.05, 0.1) is 13.0 Å². The summed E-state index contributed by atoms with van der Waals surface area (Å²) >= 11 is 0. The molecule has 1 atom stereocenters. The van der Waals surface area contributed by atoms with E-state index in [2.05, 4.69) is 15.4 Å². The van der Waals surface area contributed by atoms with Gasteiger partial charge in [-0.05, 0) is 50.8 Å². The summed E-state index contributed by atoms with van der Waals surface area (Å²) in [6, 6.07) is 1.68. The molecular weight excluding hydrogens is 324 g/mol. The molecule has 1 aromatic rings. The SMILES string of the molecule is COC(=O)C1CC(NC(=O)c2c(C)cc(C3CCCNC3)oc2=O)C1. The largest absolute Gasteiger partial charge is 0.469 e. The van der Waals surface area contributed by atoms with Crippen molar-refractivity contribution < 1.29 is 18.7 Å². The van der Waals surface area contributed by atoms with Crippen LogP contribution in [0.25, 0.3) is 0 Å². The number of amides is 1. The molecule has 1 aliphatic heterocycles. The number of hydrogen-bond acceptors (Lipinski definition) is 6. The van der Waals surface area contributed by atoms with Gasteiger partial charge in [0.25, 0.3) is 5.91 Å². The number of ether oxygens (including phenoxy) is 1. The third-order valence-electron chi connectivity index (χ3n) is 5.10. The molecule has 2 N–H and O–H groups in total. The molecule has 0 radical (unpaired) electrons. The summed E-state index contributed by atoms with van der Waals surface area (Å²) in [4.78, 5) is 36.1. The molecule has 1 amide bonds. The quantitative estimate of drug-likeness (QED) is 0.791. The second-order valence-electron chi connectivity index (χ2n) is 6.90. The Bertz CT molecular complexity index is 715. The van der Waals surface area contributed by atoms with Gasteiger partial charge in [-0.1, -0.05) is 0 Å². The van der Waals surface area contributed by atoms with Gasteiger partial charge in [0.1, 0.15) is 11.3 Å². The van der Waals surface area contributed by atoms with E-state index in [0.717, 1.165) is 25.9 Å². The van der Waals surface area contributed by atoms with E-state index < -0.39 is 11.5 Å². The zero-order chi connectivity index (χ0) is 18.0. The van der Waals surface area contributed by atoms with Gasteiger partial charge in [-0.15, -0.1) is 0 Å². The standard InChI is InChI=1S/C18H24N2O5/c1-10-6-14(11-4-3-5-19-9-11)25-18(23)15(10)16(21)20-13-7-12(8-13)17(22)24-2/h6,11-13,19H,3-5,7-9H2,1-2H3,(H,20,21). The fourth-order valence-electron chi connectivity index (χ4n) is 3.55. The topological polar surface area (TPSA) is 97.6 Å². The van der Waals surface area contributed by atoms with Crippen LogP contribution in [0.3, 0.4) is 0 Å². The van der Waals surface area contributed by atoms with Crippen molar-refractivity contribution in [3.63, 3.8) is 0 Å². The molecule has 0 aromatic carbocycles. The second kappa shape index (κ2) is 7.39. The third-order valence-corrected chi connectivity index (χ3v) is 5.10. The van der Waals surface area contributed by atoms with Gasteiger partial charge in [-0.25, -0.2) is 4.79 Å². The van der Waals surface area contributed by atoms with Crippen molar-refractivity contribution in [1.82, 2.24) is 10.6 Å². The van der Waals surface area contributed by atoms with Crippen LogP contribution in [-0.4, -0.2) is 38.1 Å². The number of carbonyl (C=O) groups is 2. The van der Waals surface area contributed by atoms with E-state index in [9.17, 15) is 14.4 Å². The van der Waals surface area contributed by atoms with Crippen LogP contribution in [0.4, 0.5) is 0 Å². The minimum atomic E-state index is -0.595. The molecular formula is C18H24N2O5. The van der Waals surface area contributed by atoms with Gasteiger partial charge < -0.3 is 19.8 Å². The lowest BCUT2D eigenvalue weighted by molar-refractivity contribution is -0.149. The number of nitrogens with one attached hydrogen (secondary N) is 2. The van der Waals surface area contributed by atoms with E-state index in [1.807, 2.05) is 0 Å². The van der Waals surface area contributed by atoms with Gasteiger partial charge in [0.2, 0.25) is 0 Å². The summed E-state index contributed by atoms with van der Waals surface area (Å²) < 4.78 is 10.1. The number of esters is 1. The Labute approximate surface area is 146 Å². The number of methoxy groups -OCH3 is 1. The zero-order valence-electron chi connectivity index (χ0n) is 14.6. The molecule has 2 fully saturated rings. The Kier molecular flexibility index (Phi) is 5.22. The maximum absolute atomic E-state index is 12.4. The van der Waals surface area contributed by atoms with Crippen LogP contribution in [0, 0.1) is 12.8 Å². The number of rotatable bonds is 4. The fourth-order valence-corrected chi connectivity index (χ4v) is 3.55. The Morgan fingerprint density at radius 1 is 1.36 bits per heavy atom. The lowest BCUT2D eigenvalue weighted by atomic mass is 9.80. The molecule has 1 aromatic heterocycles. The number of hydrogen-bond donors (Lipinski definition) is 2. The molecule has 7 nitrogen and oxygen atoms in total. The molecule has 1 aliphatic carbocycles. The number of aryl methyl sites for hydroxylation is 1. The molecule has 136 valence electrons. The highest BCUT2D eigenvalue weighted by molar-refractivity contribution is 5.95. The van der Waals surface area contributed by atoms with Crippen molar-refractivity contribution in [1.29, 1.82) is 0 Å². The summed E-state index contributed by atoms with van der Waals surface area (Å²) in [7, 11) is 1.35. The first-order chi connectivity index (χ1) is 12.0. The predicted octanol–water partition coefficient (Wildman–Crippen LogP) is 1.10. The van der Waals surface area contributed by atoms with Crippen molar-refractivity contribution in [2.75, 3.05) is 20.2 Å². The number of carbonyl (C=O) groups excluding carboxylic acids is 2. The van der Waals surface area contributed by atoms with Crippen LogP contribution in [0.1, 0.15) is 53.3 Å². The fraction of sp³-hybridized carbons (Fsp3) is 0.611.